The normalized spacial score (nSPS) is 10.4. The molecule has 0 bridgehead atoms. The second kappa shape index (κ2) is 4.13. The number of nitrogens with zero attached hydrogens (tertiary/aromatic N) is 2. The van der Waals surface area contributed by atoms with Crippen molar-refractivity contribution in [3.8, 4) is 0 Å². The van der Waals surface area contributed by atoms with E-state index in [9.17, 15) is 0 Å². The van der Waals surface area contributed by atoms with Crippen LogP contribution in [0.1, 0.15) is 18.5 Å². The number of unbranched alkanes of at least 4 members (excludes halogenated alkanes) is 1. The van der Waals surface area contributed by atoms with Crippen molar-refractivity contribution in [2.75, 3.05) is 6.54 Å². The summed E-state index contributed by atoms with van der Waals surface area (Å²) in [6.07, 6.45) is 6.16. The zero-order valence-electron chi connectivity index (χ0n) is 6.95. The van der Waals surface area contributed by atoms with Gasteiger partial charge < -0.3 is 10.3 Å². The van der Waals surface area contributed by atoms with Crippen LogP contribution in [-0.4, -0.2) is 16.1 Å². The third-order valence-corrected chi connectivity index (χ3v) is 1.63. The third kappa shape index (κ3) is 2.72. The Labute approximate surface area is 67.2 Å². The third-order valence-electron chi connectivity index (χ3n) is 1.63. The number of hydrogen-bond donors (Lipinski definition) is 1. The molecule has 0 atom stereocenters. The highest BCUT2D eigenvalue weighted by molar-refractivity contribution is 4.91. The molecule has 0 aliphatic heterocycles. The van der Waals surface area contributed by atoms with Crippen LogP contribution in [0.15, 0.2) is 12.5 Å². The van der Waals surface area contributed by atoms with Gasteiger partial charge in [-0.25, -0.2) is 4.98 Å². The molecule has 0 spiro atoms. The van der Waals surface area contributed by atoms with Crippen molar-refractivity contribution < 1.29 is 0 Å². The van der Waals surface area contributed by atoms with Crippen molar-refractivity contribution in [2.45, 2.75) is 26.3 Å². The lowest BCUT2D eigenvalue weighted by molar-refractivity contribution is 0.614. The van der Waals surface area contributed by atoms with Gasteiger partial charge in [0.05, 0.1) is 12.0 Å². The molecular weight excluding hydrogens is 138 g/mol. The molecule has 2 N–H and O–H groups in total. The van der Waals surface area contributed by atoms with Gasteiger partial charge in [0.1, 0.15) is 0 Å². The van der Waals surface area contributed by atoms with Gasteiger partial charge in [-0.1, -0.05) is 0 Å². The first-order chi connectivity index (χ1) is 5.33. The quantitative estimate of drug-likeness (QED) is 0.654. The van der Waals surface area contributed by atoms with Crippen molar-refractivity contribution in [3.63, 3.8) is 0 Å². The topological polar surface area (TPSA) is 43.8 Å². The molecule has 11 heavy (non-hydrogen) atoms. The lowest BCUT2D eigenvalue weighted by atomic mass is 10.3. The van der Waals surface area contributed by atoms with Crippen LogP contribution in [-0.2, 0) is 6.54 Å². The largest absolute Gasteiger partial charge is 0.337 e. The highest BCUT2D eigenvalue weighted by Crippen LogP contribution is 1.96. The summed E-state index contributed by atoms with van der Waals surface area (Å²) < 4.78 is 2.10. The molecule has 0 fully saturated rings. The lowest BCUT2D eigenvalue weighted by Crippen LogP contribution is -2.01. The Bertz CT molecular complexity index is 205. The zero-order chi connectivity index (χ0) is 8.10. The number of nitrogens with two attached hydrogens (primary N) is 1. The van der Waals surface area contributed by atoms with Crippen LogP contribution in [0.25, 0.3) is 0 Å². The van der Waals surface area contributed by atoms with Gasteiger partial charge in [0.15, 0.2) is 0 Å². The summed E-state index contributed by atoms with van der Waals surface area (Å²) in [5.41, 5.74) is 6.45. The fourth-order valence-corrected chi connectivity index (χ4v) is 1.03. The van der Waals surface area contributed by atoms with Crippen LogP contribution >= 0.6 is 0 Å². The molecule has 1 aromatic rings. The number of hydrogen-bond acceptors (Lipinski definition) is 2. The second-order valence-corrected chi connectivity index (χ2v) is 2.75. The van der Waals surface area contributed by atoms with Crippen molar-refractivity contribution in [1.29, 1.82) is 0 Å². The van der Waals surface area contributed by atoms with E-state index in [2.05, 4.69) is 15.7 Å². The number of aromatic nitrogens is 2. The van der Waals surface area contributed by atoms with Crippen LogP contribution < -0.4 is 5.73 Å². The van der Waals surface area contributed by atoms with E-state index in [4.69, 9.17) is 5.73 Å². The van der Waals surface area contributed by atoms with Gasteiger partial charge in [-0.3, -0.25) is 0 Å². The van der Waals surface area contributed by atoms with Crippen LogP contribution in [0.3, 0.4) is 0 Å². The molecule has 0 radical (unpaired) electrons. The zero-order valence-corrected chi connectivity index (χ0v) is 6.95. The number of aryl methyl sites for hydroxylation is 2. The van der Waals surface area contributed by atoms with Gasteiger partial charge in [0.25, 0.3) is 0 Å². The molecule has 0 aliphatic carbocycles. The van der Waals surface area contributed by atoms with E-state index in [1.54, 1.807) is 0 Å². The molecule has 1 rings (SSSR count). The first-order valence-corrected chi connectivity index (χ1v) is 4.01. The maximum atomic E-state index is 5.37. The van der Waals surface area contributed by atoms with Crippen molar-refractivity contribution in [2.24, 2.45) is 5.73 Å². The minimum absolute atomic E-state index is 0.785. The Balaban J connectivity index is 2.27. The molecule has 0 saturated heterocycles. The summed E-state index contributed by atoms with van der Waals surface area (Å²) in [5.74, 6) is 0. The number of imidazole rings is 1. The molecule has 0 saturated carbocycles. The molecule has 0 unspecified atom stereocenters. The van der Waals surface area contributed by atoms with Crippen molar-refractivity contribution in [1.82, 2.24) is 9.55 Å². The standard InChI is InChI=1S/C8H15N3/c1-8-6-11(7-10-8)5-3-2-4-9/h6-7H,2-5,9H2,1H3. The summed E-state index contributed by atoms with van der Waals surface area (Å²) >= 11 is 0. The summed E-state index contributed by atoms with van der Waals surface area (Å²) in [4.78, 5) is 4.13. The van der Waals surface area contributed by atoms with Crippen molar-refractivity contribution >= 4 is 0 Å². The Morgan fingerprint density at radius 3 is 2.91 bits per heavy atom. The van der Waals surface area contributed by atoms with Crippen LogP contribution in [0.2, 0.25) is 0 Å². The Kier molecular flexibility index (Phi) is 3.11. The molecular formula is C8H15N3. The van der Waals surface area contributed by atoms with E-state index >= 15 is 0 Å². The van der Waals surface area contributed by atoms with E-state index in [-0.39, 0.29) is 0 Å². The Hall–Kier alpha value is -0.830. The van der Waals surface area contributed by atoms with E-state index in [1.165, 1.54) is 0 Å². The van der Waals surface area contributed by atoms with Gasteiger partial charge in [-0.15, -0.1) is 0 Å². The van der Waals surface area contributed by atoms with Crippen molar-refractivity contribution in [3.05, 3.63) is 18.2 Å². The Morgan fingerprint density at radius 1 is 1.55 bits per heavy atom. The average Bonchev–Trinajstić information content (AvgIpc) is 2.37. The number of rotatable bonds is 4. The minimum atomic E-state index is 0.785. The fraction of sp³-hybridized carbons (Fsp3) is 0.625. The predicted octanol–water partition coefficient (Wildman–Crippen LogP) is 0.930. The summed E-state index contributed by atoms with van der Waals surface area (Å²) in [7, 11) is 0. The van der Waals surface area contributed by atoms with E-state index in [0.717, 1.165) is 31.6 Å². The molecule has 3 heteroatoms. The van der Waals surface area contributed by atoms with E-state index < -0.39 is 0 Å². The van der Waals surface area contributed by atoms with Crippen LogP contribution in [0, 0.1) is 6.92 Å². The van der Waals surface area contributed by atoms with Gasteiger partial charge in [0, 0.05) is 12.7 Å². The monoisotopic (exact) mass is 153 g/mol. The molecule has 0 aromatic carbocycles. The van der Waals surface area contributed by atoms with Crippen LogP contribution in [0.5, 0.6) is 0 Å². The smallest absolute Gasteiger partial charge is 0.0949 e. The van der Waals surface area contributed by atoms with Gasteiger partial charge in [0.2, 0.25) is 0 Å². The summed E-state index contributed by atoms with van der Waals surface area (Å²) in [6.45, 7) is 3.82. The molecule has 3 nitrogen and oxygen atoms in total. The SMILES string of the molecule is Cc1cn(CCCCN)cn1. The van der Waals surface area contributed by atoms with E-state index in [1.807, 2.05) is 13.3 Å². The maximum absolute atomic E-state index is 5.37. The second-order valence-electron chi connectivity index (χ2n) is 2.75. The molecule has 1 heterocycles. The minimum Gasteiger partial charge on any atom is -0.337 e. The Morgan fingerprint density at radius 2 is 2.36 bits per heavy atom. The first kappa shape index (κ1) is 8.27. The maximum Gasteiger partial charge on any atom is 0.0949 e. The van der Waals surface area contributed by atoms with Gasteiger partial charge in [-0.05, 0) is 26.3 Å². The molecule has 0 amide bonds. The van der Waals surface area contributed by atoms with Crippen LogP contribution in [0.4, 0.5) is 0 Å². The molecule has 62 valence electrons. The fourth-order valence-electron chi connectivity index (χ4n) is 1.03. The molecule has 0 aliphatic rings. The lowest BCUT2D eigenvalue weighted by Gasteiger charge is -1.98. The highest BCUT2D eigenvalue weighted by atomic mass is 15.0. The first-order valence-electron chi connectivity index (χ1n) is 4.01. The summed E-state index contributed by atoms with van der Waals surface area (Å²) in [5, 5.41) is 0. The van der Waals surface area contributed by atoms with Gasteiger partial charge in [-0.2, -0.15) is 0 Å². The molecule has 1 aromatic heterocycles. The van der Waals surface area contributed by atoms with Gasteiger partial charge >= 0.3 is 0 Å². The highest BCUT2D eigenvalue weighted by Gasteiger charge is 1.91. The summed E-state index contributed by atoms with van der Waals surface area (Å²) in [6, 6.07) is 0. The predicted molar refractivity (Wildman–Crippen MR) is 45.3 cm³/mol. The average molecular weight is 153 g/mol. The van der Waals surface area contributed by atoms with E-state index in [0.29, 0.717) is 0 Å².